The number of halogens is 1. The third-order valence-electron chi connectivity index (χ3n) is 3.60. The van der Waals surface area contributed by atoms with Crippen LogP contribution >= 0.6 is 0 Å². The Morgan fingerprint density at radius 2 is 1.96 bits per heavy atom. The smallest absolute Gasteiger partial charge is 0.254 e. The highest BCUT2D eigenvalue weighted by atomic mass is 19.1. The minimum atomic E-state index is -1.09. The van der Waals surface area contributed by atoms with E-state index in [-0.39, 0.29) is 6.42 Å². The number of nitriles is 1. The fourth-order valence-electron chi connectivity index (χ4n) is 2.48. The number of rotatable bonds is 5. The van der Waals surface area contributed by atoms with Crippen molar-refractivity contribution in [2.45, 2.75) is 12.5 Å². The number of likely N-dealkylation sites (N-methyl/N-ethyl adjacent to an activating group) is 1. The van der Waals surface area contributed by atoms with Crippen molar-refractivity contribution in [2.24, 2.45) is 5.73 Å². The second-order valence-corrected chi connectivity index (χ2v) is 5.31. The van der Waals surface area contributed by atoms with Crippen molar-refractivity contribution in [2.75, 3.05) is 7.05 Å². The molecule has 0 spiro atoms. The van der Waals surface area contributed by atoms with Gasteiger partial charge in [0.1, 0.15) is 11.9 Å². The van der Waals surface area contributed by atoms with Gasteiger partial charge in [-0.1, -0.05) is 24.3 Å². The molecule has 0 fully saturated rings. The highest BCUT2D eigenvalue weighted by Crippen LogP contribution is 2.22. The molecule has 2 rings (SSSR count). The molecule has 2 N–H and O–H groups in total. The van der Waals surface area contributed by atoms with Crippen molar-refractivity contribution in [1.82, 2.24) is 4.90 Å². The second-order valence-electron chi connectivity index (χ2n) is 5.31. The molecule has 2 aromatic rings. The molecule has 0 bridgehead atoms. The van der Waals surface area contributed by atoms with Gasteiger partial charge in [0, 0.05) is 12.6 Å². The highest BCUT2D eigenvalue weighted by molar-refractivity contribution is 5.97. The van der Waals surface area contributed by atoms with Crippen LogP contribution in [0.1, 0.15) is 27.5 Å². The number of benzene rings is 2. The Balaban J connectivity index is 2.35. The van der Waals surface area contributed by atoms with Crippen LogP contribution in [0.4, 0.5) is 4.39 Å². The number of hydrogen-bond donors (Lipinski definition) is 1. The largest absolute Gasteiger partial charge is 0.368 e. The van der Waals surface area contributed by atoms with Crippen molar-refractivity contribution >= 4 is 11.8 Å². The summed E-state index contributed by atoms with van der Waals surface area (Å²) in [6.45, 7) is 0. The van der Waals surface area contributed by atoms with Crippen LogP contribution in [-0.4, -0.2) is 23.8 Å². The monoisotopic (exact) mass is 325 g/mol. The first kappa shape index (κ1) is 17.2. The predicted octanol–water partition coefficient (Wildman–Crippen LogP) is 2.19. The molecule has 0 heterocycles. The molecular weight excluding hydrogens is 309 g/mol. The van der Waals surface area contributed by atoms with Gasteiger partial charge < -0.3 is 10.6 Å². The molecule has 0 aromatic heterocycles. The Labute approximate surface area is 139 Å². The lowest BCUT2D eigenvalue weighted by Crippen LogP contribution is -2.39. The van der Waals surface area contributed by atoms with Crippen LogP contribution in [0, 0.1) is 17.1 Å². The standard InChI is InChI=1S/C18H16FN3O2/c1-22(16(17(21)23)13-5-3-7-15(19)11-13)18(24)14-6-2-4-12(10-14)8-9-20/h2-7,10-11,16H,8H2,1H3,(H2,21,23)/t16-/m1/s1. The summed E-state index contributed by atoms with van der Waals surface area (Å²) in [5.74, 6) is -1.72. The Hall–Kier alpha value is -3.20. The second kappa shape index (κ2) is 7.38. The van der Waals surface area contributed by atoms with Gasteiger partial charge in [-0.15, -0.1) is 0 Å². The summed E-state index contributed by atoms with van der Waals surface area (Å²) in [5, 5.41) is 8.75. The molecule has 0 aliphatic carbocycles. The topological polar surface area (TPSA) is 87.2 Å². The zero-order valence-electron chi connectivity index (χ0n) is 13.1. The average molecular weight is 325 g/mol. The normalized spacial score (nSPS) is 11.4. The third-order valence-corrected chi connectivity index (χ3v) is 3.60. The molecule has 0 aliphatic heterocycles. The van der Waals surface area contributed by atoms with Crippen molar-refractivity contribution in [3.05, 3.63) is 71.0 Å². The maximum absolute atomic E-state index is 13.4. The summed E-state index contributed by atoms with van der Waals surface area (Å²) in [7, 11) is 1.43. The lowest BCUT2D eigenvalue weighted by Gasteiger charge is -2.26. The van der Waals surface area contributed by atoms with E-state index in [0.717, 1.165) is 0 Å². The number of amides is 2. The Kier molecular flexibility index (Phi) is 5.27. The molecular formula is C18H16FN3O2. The van der Waals surface area contributed by atoms with E-state index < -0.39 is 23.7 Å². The summed E-state index contributed by atoms with van der Waals surface area (Å²) in [6.07, 6.45) is 0.175. The maximum Gasteiger partial charge on any atom is 0.254 e. The molecule has 5 nitrogen and oxygen atoms in total. The maximum atomic E-state index is 13.4. The van der Waals surface area contributed by atoms with E-state index in [1.165, 1.54) is 36.2 Å². The molecule has 2 aromatic carbocycles. The van der Waals surface area contributed by atoms with Crippen LogP contribution in [0.15, 0.2) is 48.5 Å². The predicted molar refractivity (Wildman–Crippen MR) is 86.2 cm³/mol. The van der Waals surface area contributed by atoms with Crippen LogP contribution < -0.4 is 5.73 Å². The third kappa shape index (κ3) is 3.76. The number of nitrogens with two attached hydrogens (primary N) is 1. The molecule has 6 heteroatoms. The number of carbonyl (C=O) groups excluding carboxylic acids is 2. The van der Waals surface area contributed by atoms with Gasteiger partial charge in [0.2, 0.25) is 5.91 Å². The van der Waals surface area contributed by atoms with Crippen molar-refractivity contribution < 1.29 is 14.0 Å². The number of nitrogens with zero attached hydrogens (tertiary/aromatic N) is 2. The number of carbonyl (C=O) groups is 2. The Morgan fingerprint density at radius 1 is 1.25 bits per heavy atom. The molecule has 0 saturated carbocycles. The number of primary amides is 1. The molecule has 24 heavy (non-hydrogen) atoms. The minimum Gasteiger partial charge on any atom is -0.368 e. The Bertz CT molecular complexity index is 814. The molecule has 122 valence electrons. The van der Waals surface area contributed by atoms with Crippen molar-refractivity contribution in [3.63, 3.8) is 0 Å². The molecule has 0 saturated heterocycles. The van der Waals surface area contributed by atoms with Gasteiger partial charge in [0.25, 0.3) is 5.91 Å². The SMILES string of the molecule is CN(C(=O)c1cccc(CC#N)c1)[C@@H](C(N)=O)c1cccc(F)c1. The molecule has 0 radical (unpaired) electrons. The van der Waals surface area contributed by atoms with Crippen LogP contribution in [0.2, 0.25) is 0 Å². The molecule has 2 amide bonds. The van der Waals surface area contributed by atoms with Gasteiger partial charge in [0.15, 0.2) is 0 Å². The van der Waals surface area contributed by atoms with Crippen LogP contribution in [-0.2, 0) is 11.2 Å². The fraction of sp³-hybridized carbons (Fsp3) is 0.167. The van der Waals surface area contributed by atoms with E-state index in [9.17, 15) is 14.0 Å². The summed E-state index contributed by atoms with van der Waals surface area (Å²) in [6, 6.07) is 12.9. The van der Waals surface area contributed by atoms with E-state index in [1.54, 1.807) is 24.3 Å². The van der Waals surface area contributed by atoms with E-state index >= 15 is 0 Å². The molecule has 0 unspecified atom stereocenters. The summed E-state index contributed by atoms with van der Waals surface area (Å²) >= 11 is 0. The fourth-order valence-corrected chi connectivity index (χ4v) is 2.48. The van der Waals surface area contributed by atoms with Crippen LogP contribution in [0.5, 0.6) is 0 Å². The van der Waals surface area contributed by atoms with Gasteiger partial charge in [-0.3, -0.25) is 9.59 Å². The van der Waals surface area contributed by atoms with Gasteiger partial charge in [-0.2, -0.15) is 5.26 Å². The summed E-state index contributed by atoms with van der Waals surface area (Å²) < 4.78 is 13.4. The Morgan fingerprint density at radius 3 is 2.58 bits per heavy atom. The lowest BCUT2D eigenvalue weighted by molar-refractivity contribution is -0.122. The first-order valence-corrected chi connectivity index (χ1v) is 7.22. The van der Waals surface area contributed by atoms with Gasteiger partial charge in [-0.05, 0) is 35.4 Å². The van der Waals surface area contributed by atoms with E-state index in [4.69, 9.17) is 11.0 Å². The van der Waals surface area contributed by atoms with Gasteiger partial charge >= 0.3 is 0 Å². The zero-order chi connectivity index (χ0) is 17.7. The van der Waals surface area contributed by atoms with Gasteiger partial charge in [0.05, 0.1) is 12.5 Å². The lowest BCUT2D eigenvalue weighted by atomic mass is 10.0. The van der Waals surface area contributed by atoms with E-state index in [0.29, 0.717) is 16.7 Å². The van der Waals surface area contributed by atoms with Gasteiger partial charge in [-0.25, -0.2) is 4.39 Å². The number of hydrogen-bond acceptors (Lipinski definition) is 3. The highest BCUT2D eigenvalue weighted by Gasteiger charge is 2.27. The summed E-state index contributed by atoms with van der Waals surface area (Å²) in [5.41, 5.74) is 6.73. The van der Waals surface area contributed by atoms with Crippen LogP contribution in [0.25, 0.3) is 0 Å². The average Bonchev–Trinajstić information content (AvgIpc) is 2.54. The molecule has 0 aliphatic rings. The quantitative estimate of drug-likeness (QED) is 0.914. The van der Waals surface area contributed by atoms with E-state index in [1.807, 2.05) is 6.07 Å². The summed E-state index contributed by atoms with van der Waals surface area (Å²) in [4.78, 5) is 25.6. The first-order chi connectivity index (χ1) is 11.4. The minimum absolute atomic E-state index is 0.175. The molecule has 1 atom stereocenters. The zero-order valence-corrected chi connectivity index (χ0v) is 13.1. The van der Waals surface area contributed by atoms with E-state index in [2.05, 4.69) is 0 Å². The first-order valence-electron chi connectivity index (χ1n) is 7.22. The van der Waals surface area contributed by atoms with Crippen LogP contribution in [0.3, 0.4) is 0 Å². The van der Waals surface area contributed by atoms with Crippen molar-refractivity contribution in [3.8, 4) is 6.07 Å². The van der Waals surface area contributed by atoms with Crippen molar-refractivity contribution in [1.29, 1.82) is 5.26 Å².